The molecule has 0 amide bonds. The smallest absolute Gasteiger partial charge is 0.138 e. The third-order valence-electron chi connectivity index (χ3n) is 12.1. The van der Waals surface area contributed by atoms with E-state index in [0.29, 0.717) is 0 Å². The van der Waals surface area contributed by atoms with Gasteiger partial charge in [0.05, 0.1) is 33.5 Å². The maximum atomic E-state index is 5.26. The van der Waals surface area contributed by atoms with E-state index >= 15 is 0 Å². The lowest BCUT2D eigenvalue weighted by atomic mass is 9.94. The van der Waals surface area contributed by atoms with Crippen LogP contribution in [0.4, 0.5) is 0 Å². The molecule has 0 radical (unpaired) electrons. The zero-order valence-corrected chi connectivity index (χ0v) is 33.7. The highest BCUT2D eigenvalue weighted by molar-refractivity contribution is 6.15. The van der Waals surface area contributed by atoms with Crippen LogP contribution in [-0.4, -0.2) is 19.1 Å². The third-order valence-corrected chi connectivity index (χ3v) is 12.1. The molecule has 290 valence electrons. The van der Waals surface area contributed by atoms with Crippen LogP contribution in [0.5, 0.6) is 0 Å². The van der Waals surface area contributed by atoms with E-state index in [0.717, 1.165) is 89.6 Å². The van der Waals surface area contributed by atoms with E-state index in [1.54, 1.807) is 0 Å². The topological polar surface area (TPSA) is 35.6 Å². The van der Waals surface area contributed by atoms with Gasteiger partial charge in [-0.15, -0.1) is 0 Å². The molecule has 0 spiro atoms. The van der Waals surface area contributed by atoms with Gasteiger partial charge in [0.1, 0.15) is 11.6 Å². The summed E-state index contributed by atoms with van der Waals surface area (Å²) in [6.07, 6.45) is 0. The summed E-state index contributed by atoms with van der Waals surface area (Å²) in [5.41, 5.74) is 15.5. The summed E-state index contributed by atoms with van der Waals surface area (Å²) >= 11 is 0. The number of aromatic nitrogens is 4. The van der Waals surface area contributed by atoms with E-state index < -0.39 is 0 Å². The quantitative estimate of drug-likeness (QED) is 0.161. The Hall–Kier alpha value is -8.34. The first-order valence-electron chi connectivity index (χ1n) is 21.1. The number of hydrogen-bond donors (Lipinski definition) is 0. The van der Waals surface area contributed by atoms with Gasteiger partial charge in [-0.3, -0.25) is 9.13 Å². The molecule has 0 saturated carbocycles. The lowest BCUT2D eigenvalue weighted by molar-refractivity contribution is 1.08. The molecule has 0 bridgehead atoms. The maximum Gasteiger partial charge on any atom is 0.138 e. The monoisotopic (exact) mass is 790 g/mol. The molecular formula is C58H38N4. The standard InChI is InChI=1S/C58H38N4/c1-3-17-39(18-4-1)51-31-15-35-55(59-51)61-53-33-9-7-25-47(53)49-29-13-27-45(57(49)61)43-23-11-21-41(37-43)42-22-12-24-44(38-42)46-28-14-30-50-48-26-8-10-34-54(48)62(58(46)50)56-36-16-32-52(60-56)40-19-5-2-6-20-40/h1-38H. The summed E-state index contributed by atoms with van der Waals surface area (Å²) in [4.78, 5) is 10.5. The van der Waals surface area contributed by atoms with Gasteiger partial charge < -0.3 is 0 Å². The summed E-state index contributed by atoms with van der Waals surface area (Å²) in [6.45, 7) is 0. The number of para-hydroxylation sites is 4. The molecule has 12 aromatic rings. The highest BCUT2D eigenvalue weighted by Gasteiger charge is 2.20. The molecule has 0 N–H and O–H groups in total. The molecule has 0 aliphatic heterocycles. The number of benzene rings is 8. The van der Waals surface area contributed by atoms with Crippen LogP contribution in [0.3, 0.4) is 0 Å². The van der Waals surface area contributed by atoms with Gasteiger partial charge in [0.15, 0.2) is 0 Å². The average Bonchev–Trinajstić information content (AvgIpc) is 3.88. The first-order valence-corrected chi connectivity index (χ1v) is 21.1. The van der Waals surface area contributed by atoms with Crippen molar-refractivity contribution in [3.63, 3.8) is 0 Å². The second-order valence-electron chi connectivity index (χ2n) is 15.8. The van der Waals surface area contributed by atoms with Crippen LogP contribution in [0.25, 0.3) is 111 Å². The zero-order valence-electron chi connectivity index (χ0n) is 33.7. The molecule has 4 aromatic heterocycles. The predicted octanol–water partition coefficient (Wildman–Crippen LogP) is 15.0. The average molecular weight is 791 g/mol. The van der Waals surface area contributed by atoms with Crippen molar-refractivity contribution in [1.29, 1.82) is 0 Å². The maximum absolute atomic E-state index is 5.26. The van der Waals surface area contributed by atoms with Crippen molar-refractivity contribution in [2.75, 3.05) is 0 Å². The Morgan fingerprint density at radius 3 is 1.08 bits per heavy atom. The van der Waals surface area contributed by atoms with Gasteiger partial charge >= 0.3 is 0 Å². The molecule has 0 aliphatic rings. The van der Waals surface area contributed by atoms with Crippen LogP contribution < -0.4 is 0 Å². The highest BCUT2D eigenvalue weighted by atomic mass is 15.1. The molecule has 0 unspecified atom stereocenters. The number of hydrogen-bond acceptors (Lipinski definition) is 2. The lowest BCUT2D eigenvalue weighted by Crippen LogP contribution is -1.99. The molecule has 4 heteroatoms. The van der Waals surface area contributed by atoms with Crippen LogP contribution in [0, 0.1) is 0 Å². The zero-order chi connectivity index (χ0) is 41.0. The fraction of sp³-hybridized carbons (Fsp3) is 0. The highest BCUT2D eigenvalue weighted by Crippen LogP contribution is 2.41. The first kappa shape index (κ1) is 35.6. The normalized spacial score (nSPS) is 11.5. The third kappa shape index (κ3) is 5.92. The second-order valence-corrected chi connectivity index (χ2v) is 15.8. The number of fused-ring (bicyclic) bond motifs is 6. The van der Waals surface area contributed by atoms with Gasteiger partial charge in [-0.05, 0) is 70.8 Å². The Labute approximate surface area is 359 Å². The van der Waals surface area contributed by atoms with Crippen molar-refractivity contribution < 1.29 is 0 Å². The Balaban J connectivity index is 1.00. The lowest BCUT2D eigenvalue weighted by Gasteiger charge is -2.14. The van der Waals surface area contributed by atoms with Gasteiger partial charge in [-0.25, -0.2) is 9.97 Å². The van der Waals surface area contributed by atoms with E-state index in [-0.39, 0.29) is 0 Å². The molecule has 4 heterocycles. The summed E-state index contributed by atoms with van der Waals surface area (Å²) < 4.78 is 4.67. The summed E-state index contributed by atoms with van der Waals surface area (Å²) in [5.74, 6) is 1.78. The van der Waals surface area contributed by atoms with Crippen LogP contribution in [0.1, 0.15) is 0 Å². The van der Waals surface area contributed by atoms with E-state index in [1.807, 2.05) is 12.1 Å². The SMILES string of the molecule is c1ccc(-c2cccc(-n3c4ccccc4c4cccc(-c5cccc(-c6cccc(-c7cccc8c9ccccc9n(-c9cccc(-c%10ccccc%10)n9)c78)c6)c5)c43)n2)cc1. The van der Waals surface area contributed by atoms with Gasteiger partial charge in [-0.2, -0.15) is 0 Å². The first-order chi connectivity index (χ1) is 30.8. The number of nitrogens with zero attached hydrogens (tertiary/aromatic N) is 4. The molecule has 4 nitrogen and oxygen atoms in total. The van der Waals surface area contributed by atoms with Crippen molar-refractivity contribution in [1.82, 2.24) is 19.1 Å². The predicted molar refractivity (Wildman–Crippen MR) is 258 cm³/mol. The fourth-order valence-corrected chi connectivity index (χ4v) is 9.35. The van der Waals surface area contributed by atoms with Crippen LogP contribution >= 0.6 is 0 Å². The van der Waals surface area contributed by atoms with Crippen LogP contribution in [0.2, 0.25) is 0 Å². The number of pyridine rings is 2. The van der Waals surface area contributed by atoms with Crippen molar-refractivity contribution >= 4 is 43.6 Å². The van der Waals surface area contributed by atoms with E-state index in [4.69, 9.17) is 9.97 Å². The van der Waals surface area contributed by atoms with Crippen molar-refractivity contribution in [2.45, 2.75) is 0 Å². The van der Waals surface area contributed by atoms with Crippen molar-refractivity contribution in [3.8, 4) is 67.5 Å². The van der Waals surface area contributed by atoms with E-state index in [2.05, 4.69) is 228 Å². The minimum Gasteiger partial charge on any atom is -0.293 e. The van der Waals surface area contributed by atoms with Crippen LogP contribution in [0.15, 0.2) is 231 Å². The Kier molecular flexibility index (Phi) is 8.46. The molecule has 12 rings (SSSR count). The Bertz CT molecular complexity index is 3390. The molecule has 0 atom stereocenters. The molecule has 62 heavy (non-hydrogen) atoms. The fourth-order valence-electron chi connectivity index (χ4n) is 9.35. The van der Waals surface area contributed by atoms with Gasteiger partial charge in [-0.1, -0.05) is 182 Å². The Morgan fingerprint density at radius 2 is 0.613 bits per heavy atom. The Morgan fingerprint density at radius 1 is 0.258 bits per heavy atom. The summed E-state index contributed by atoms with van der Waals surface area (Å²) in [6, 6.07) is 82.0. The molecule has 0 fully saturated rings. The van der Waals surface area contributed by atoms with Crippen LogP contribution in [-0.2, 0) is 0 Å². The van der Waals surface area contributed by atoms with Gasteiger partial charge in [0.25, 0.3) is 0 Å². The van der Waals surface area contributed by atoms with Crippen molar-refractivity contribution in [3.05, 3.63) is 231 Å². The molecule has 0 saturated heterocycles. The van der Waals surface area contributed by atoms with E-state index in [9.17, 15) is 0 Å². The van der Waals surface area contributed by atoms with Gasteiger partial charge in [0.2, 0.25) is 0 Å². The second kappa shape index (κ2) is 14.7. The molecule has 8 aromatic carbocycles. The number of rotatable bonds is 7. The van der Waals surface area contributed by atoms with Gasteiger partial charge in [0, 0.05) is 43.8 Å². The molecular weight excluding hydrogens is 753 g/mol. The largest absolute Gasteiger partial charge is 0.293 e. The van der Waals surface area contributed by atoms with E-state index in [1.165, 1.54) is 21.5 Å². The summed E-state index contributed by atoms with van der Waals surface area (Å²) in [7, 11) is 0. The van der Waals surface area contributed by atoms with Crippen molar-refractivity contribution in [2.24, 2.45) is 0 Å². The minimum absolute atomic E-state index is 0.891. The summed E-state index contributed by atoms with van der Waals surface area (Å²) in [5, 5.41) is 4.80. The minimum atomic E-state index is 0.891. The molecule has 0 aliphatic carbocycles.